The van der Waals surface area contributed by atoms with Gasteiger partial charge in [-0.25, -0.2) is 0 Å². The molecule has 0 aliphatic carbocycles. The second-order valence-electron chi connectivity index (χ2n) is 5.20. The molecule has 2 N–H and O–H groups in total. The summed E-state index contributed by atoms with van der Waals surface area (Å²) in [4.78, 5) is 12.2. The number of nitrogens with zero attached hydrogens (tertiary/aromatic N) is 1. The Labute approximate surface area is 130 Å². The molecule has 2 aromatic carbocycles. The van der Waals surface area contributed by atoms with Gasteiger partial charge in [-0.1, -0.05) is 30.3 Å². The standard InChI is InChI=1S/C18H19N3O/c1-13-5-3-4-6-17(13)21-18(22)14(2)20-16-9-7-15(8-10-16)11-12-19/h3-10,14,20H,11H2,1-2H3,(H,21,22). The zero-order chi connectivity index (χ0) is 15.9. The Morgan fingerprint density at radius 2 is 1.86 bits per heavy atom. The summed E-state index contributed by atoms with van der Waals surface area (Å²) in [5.41, 5.74) is 3.67. The van der Waals surface area contributed by atoms with Crippen LogP contribution in [0.1, 0.15) is 18.1 Å². The van der Waals surface area contributed by atoms with Crippen LogP contribution in [0.15, 0.2) is 48.5 Å². The van der Waals surface area contributed by atoms with Crippen LogP contribution in [0, 0.1) is 18.3 Å². The third kappa shape index (κ3) is 4.10. The molecule has 4 heteroatoms. The third-order valence-electron chi connectivity index (χ3n) is 3.42. The van der Waals surface area contributed by atoms with Crippen molar-refractivity contribution in [2.75, 3.05) is 10.6 Å². The van der Waals surface area contributed by atoms with Gasteiger partial charge < -0.3 is 10.6 Å². The second kappa shape index (κ2) is 7.28. The maximum absolute atomic E-state index is 12.2. The molecule has 0 heterocycles. The fourth-order valence-corrected chi connectivity index (χ4v) is 2.08. The van der Waals surface area contributed by atoms with Gasteiger partial charge in [-0.3, -0.25) is 4.79 Å². The lowest BCUT2D eigenvalue weighted by Gasteiger charge is -2.16. The van der Waals surface area contributed by atoms with Crippen molar-refractivity contribution in [2.45, 2.75) is 26.3 Å². The number of amides is 1. The van der Waals surface area contributed by atoms with Gasteiger partial charge in [0.1, 0.15) is 6.04 Å². The monoisotopic (exact) mass is 293 g/mol. The minimum Gasteiger partial charge on any atom is -0.374 e. The molecule has 1 amide bonds. The molecule has 0 fully saturated rings. The molecular formula is C18H19N3O. The smallest absolute Gasteiger partial charge is 0.246 e. The molecular weight excluding hydrogens is 274 g/mol. The summed E-state index contributed by atoms with van der Waals surface area (Å²) >= 11 is 0. The highest BCUT2D eigenvalue weighted by Crippen LogP contribution is 2.15. The summed E-state index contributed by atoms with van der Waals surface area (Å²) in [6, 6.07) is 17.0. The van der Waals surface area contributed by atoms with Gasteiger partial charge in [-0.2, -0.15) is 5.26 Å². The average molecular weight is 293 g/mol. The Balaban J connectivity index is 1.96. The van der Waals surface area contributed by atoms with Gasteiger partial charge in [0, 0.05) is 11.4 Å². The zero-order valence-corrected chi connectivity index (χ0v) is 12.8. The molecule has 1 unspecified atom stereocenters. The van der Waals surface area contributed by atoms with E-state index in [0.717, 1.165) is 22.5 Å². The van der Waals surface area contributed by atoms with Crippen molar-refractivity contribution in [3.8, 4) is 6.07 Å². The number of carbonyl (C=O) groups excluding carboxylic acids is 1. The number of aryl methyl sites for hydroxylation is 1. The quantitative estimate of drug-likeness (QED) is 0.886. The van der Waals surface area contributed by atoms with Crippen LogP contribution >= 0.6 is 0 Å². The molecule has 1 atom stereocenters. The minimum atomic E-state index is -0.360. The zero-order valence-electron chi connectivity index (χ0n) is 12.8. The van der Waals surface area contributed by atoms with Crippen LogP contribution in [0.3, 0.4) is 0 Å². The Kier molecular flexibility index (Phi) is 5.16. The van der Waals surface area contributed by atoms with E-state index >= 15 is 0 Å². The normalized spacial score (nSPS) is 11.3. The van der Waals surface area contributed by atoms with E-state index in [1.54, 1.807) is 0 Å². The first-order chi connectivity index (χ1) is 10.6. The first kappa shape index (κ1) is 15.6. The molecule has 0 saturated heterocycles. The van der Waals surface area contributed by atoms with Crippen LogP contribution in [0.5, 0.6) is 0 Å². The number of nitriles is 1. The van der Waals surface area contributed by atoms with E-state index in [4.69, 9.17) is 5.26 Å². The number of hydrogen-bond donors (Lipinski definition) is 2. The molecule has 2 rings (SSSR count). The predicted molar refractivity (Wildman–Crippen MR) is 88.7 cm³/mol. The van der Waals surface area contributed by atoms with Crippen LogP contribution in [0.4, 0.5) is 11.4 Å². The van der Waals surface area contributed by atoms with E-state index in [9.17, 15) is 4.79 Å². The van der Waals surface area contributed by atoms with Gasteiger partial charge in [-0.05, 0) is 43.2 Å². The van der Waals surface area contributed by atoms with Crippen LogP contribution in [0.25, 0.3) is 0 Å². The number of carbonyl (C=O) groups is 1. The van der Waals surface area contributed by atoms with Gasteiger partial charge >= 0.3 is 0 Å². The van der Waals surface area contributed by atoms with E-state index in [1.165, 1.54) is 0 Å². The summed E-state index contributed by atoms with van der Waals surface area (Å²) in [6.45, 7) is 3.78. The van der Waals surface area contributed by atoms with Crippen molar-refractivity contribution in [1.29, 1.82) is 5.26 Å². The number of benzene rings is 2. The molecule has 4 nitrogen and oxygen atoms in total. The highest BCUT2D eigenvalue weighted by atomic mass is 16.2. The molecule has 112 valence electrons. The van der Waals surface area contributed by atoms with E-state index in [1.807, 2.05) is 62.4 Å². The second-order valence-corrected chi connectivity index (χ2v) is 5.20. The van der Waals surface area contributed by atoms with Crippen LogP contribution in [-0.2, 0) is 11.2 Å². The molecule has 0 radical (unpaired) electrons. The summed E-state index contributed by atoms with van der Waals surface area (Å²) in [7, 11) is 0. The van der Waals surface area contributed by atoms with Crippen LogP contribution in [0.2, 0.25) is 0 Å². The van der Waals surface area contributed by atoms with Crippen LogP contribution < -0.4 is 10.6 Å². The summed E-state index contributed by atoms with van der Waals surface area (Å²) < 4.78 is 0. The third-order valence-corrected chi connectivity index (χ3v) is 3.42. The maximum Gasteiger partial charge on any atom is 0.246 e. The Morgan fingerprint density at radius 3 is 2.50 bits per heavy atom. The van der Waals surface area contributed by atoms with Crippen molar-refractivity contribution in [3.63, 3.8) is 0 Å². The van der Waals surface area contributed by atoms with E-state index in [-0.39, 0.29) is 11.9 Å². The lowest BCUT2D eigenvalue weighted by atomic mass is 10.1. The molecule has 0 aliphatic rings. The number of nitrogens with one attached hydrogen (secondary N) is 2. The van der Waals surface area contributed by atoms with Gasteiger partial charge in [-0.15, -0.1) is 0 Å². The van der Waals surface area contributed by atoms with E-state index < -0.39 is 0 Å². The SMILES string of the molecule is Cc1ccccc1NC(=O)C(C)Nc1ccc(CC#N)cc1. The number of anilines is 2. The minimum absolute atomic E-state index is 0.0876. The Hall–Kier alpha value is -2.80. The molecule has 0 saturated carbocycles. The lowest BCUT2D eigenvalue weighted by Crippen LogP contribution is -2.32. The Bertz CT molecular complexity index is 686. The average Bonchev–Trinajstić information content (AvgIpc) is 2.51. The Morgan fingerprint density at radius 1 is 1.18 bits per heavy atom. The predicted octanol–water partition coefficient (Wildman–Crippen LogP) is 3.50. The summed E-state index contributed by atoms with van der Waals surface area (Å²) in [6.07, 6.45) is 0.392. The van der Waals surface area contributed by atoms with Crippen molar-refractivity contribution in [3.05, 3.63) is 59.7 Å². The summed E-state index contributed by atoms with van der Waals surface area (Å²) in [5, 5.41) is 14.7. The fourth-order valence-electron chi connectivity index (χ4n) is 2.08. The first-order valence-electron chi connectivity index (χ1n) is 7.19. The lowest BCUT2D eigenvalue weighted by molar-refractivity contribution is -0.116. The molecule has 2 aromatic rings. The molecule has 22 heavy (non-hydrogen) atoms. The number of para-hydroxylation sites is 1. The van der Waals surface area contributed by atoms with Gasteiger partial charge in [0.15, 0.2) is 0 Å². The first-order valence-corrected chi connectivity index (χ1v) is 7.19. The molecule has 0 spiro atoms. The topological polar surface area (TPSA) is 64.9 Å². The summed E-state index contributed by atoms with van der Waals surface area (Å²) in [5.74, 6) is -0.0876. The molecule has 0 aliphatic heterocycles. The van der Waals surface area contributed by atoms with Gasteiger partial charge in [0.2, 0.25) is 5.91 Å². The van der Waals surface area contributed by atoms with Crippen molar-refractivity contribution in [1.82, 2.24) is 0 Å². The number of rotatable bonds is 5. The largest absolute Gasteiger partial charge is 0.374 e. The highest BCUT2D eigenvalue weighted by molar-refractivity contribution is 5.96. The maximum atomic E-state index is 12.2. The van der Waals surface area contributed by atoms with Crippen molar-refractivity contribution in [2.24, 2.45) is 0 Å². The highest BCUT2D eigenvalue weighted by Gasteiger charge is 2.13. The van der Waals surface area contributed by atoms with Gasteiger partial charge in [0.25, 0.3) is 0 Å². The van der Waals surface area contributed by atoms with Crippen molar-refractivity contribution >= 4 is 17.3 Å². The number of hydrogen-bond acceptors (Lipinski definition) is 3. The fraction of sp³-hybridized carbons (Fsp3) is 0.222. The van der Waals surface area contributed by atoms with Gasteiger partial charge in [0.05, 0.1) is 12.5 Å². The van der Waals surface area contributed by atoms with E-state index in [2.05, 4.69) is 16.7 Å². The van der Waals surface area contributed by atoms with Crippen molar-refractivity contribution < 1.29 is 4.79 Å². The van der Waals surface area contributed by atoms with Crippen LogP contribution in [-0.4, -0.2) is 11.9 Å². The van der Waals surface area contributed by atoms with E-state index in [0.29, 0.717) is 6.42 Å². The molecule has 0 bridgehead atoms. The molecule has 0 aromatic heterocycles.